The molecule has 1 heterocycles. The van der Waals surface area contributed by atoms with Gasteiger partial charge in [-0.25, -0.2) is 0 Å². The number of alkyl halides is 2. The second kappa shape index (κ2) is 8.02. The number of nitrogens with zero attached hydrogens (tertiary/aromatic N) is 1. The lowest BCUT2D eigenvalue weighted by Gasteiger charge is -2.37. The summed E-state index contributed by atoms with van der Waals surface area (Å²) in [6.45, 7) is 6.51. The molecule has 0 N–H and O–H groups in total. The minimum Gasteiger partial charge on any atom is -0.379 e. The van der Waals surface area contributed by atoms with Crippen molar-refractivity contribution in [3.63, 3.8) is 0 Å². The molecule has 108 valence electrons. The largest absolute Gasteiger partial charge is 0.379 e. The number of morpholine rings is 1. The topological polar surface area (TPSA) is 21.7 Å². The molecule has 1 aliphatic heterocycles. The van der Waals surface area contributed by atoms with Gasteiger partial charge in [-0.3, -0.25) is 13.7 Å². The van der Waals surface area contributed by atoms with Crippen LogP contribution in [0.25, 0.3) is 0 Å². The first-order chi connectivity index (χ1) is 8.62. The van der Waals surface area contributed by atoms with Crippen molar-refractivity contribution >= 4 is 0 Å². The first-order valence-corrected chi connectivity index (χ1v) is 6.65. The van der Waals surface area contributed by atoms with Gasteiger partial charge in [0.15, 0.2) is 0 Å². The lowest BCUT2D eigenvalue weighted by molar-refractivity contribution is -0.0462. The number of ether oxygens (including phenoxy) is 2. The molecular weight excluding hydrogens is 240 g/mol. The number of halogens is 2. The van der Waals surface area contributed by atoms with Crippen LogP contribution >= 0.6 is 0 Å². The summed E-state index contributed by atoms with van der Waals surface area (Å²) >= 11 is 0. The van der Waals surface area contributed by atoms with Crippen molar-refractivity contribution in [2.75, 3.05) is 52.8 Å². The lowest BCUT2D eigenvalue weighted by atomic mass is 9.86. The van der Waals surface area contributed by atoms with Crippen LogP contribution in [0.5, 0.6) is 0 Å². The molecule has 18 heavy (non-hydrogen) atoms. The van der Waals surface area contributed by atoms with Crippen LogP contribution in [0, 0.1) is 5.41 Å². The van der Waals surface area contributed by atoms with Crippen molar-refractivity contribution in [2.24, 2.45) is 5.41 Å². The molecule has 0 aliphatic carbocycles. The van der Waals surface area contributed by atoms with Crippen molar-refractivity contribution in [1.29, 1.82) is 0 Å². The van der Waals surface area contributed by atoms with Crippen LogP contribution < -0.4 is 0 Å². The van der Waals surface area contributed by atoms with Crippen LogP contribution in [0.3, 0.4) is 0 Å². The molecule has 1 unspecified atom stereocenters. The van der Waals surface area contributed by atoms with E-state index in [-0.39, 0.29) is 19.1 Å². The van der Waals surface area contributed by atoms with Gasteiger partial charge in [-0.15, -0.1) is 0 Å². The zero-order valence-electron chi connectivity index (χ0n) is 11.5. The molecule has 1 atom stereocenters. The maximum absolute atomic E-state index is 13.4. The van der Waals surface area contributed by atoms with Crippen LogP contribution in [-0.2, 0) is 9.47 Å². The molecule has 1 saturated heterocycles. The van der Waals surface area contributed by atoms with E-state index in [9.17, 15) is 8.78 Å². The Morgan fingerprint density at radius 2 is 1.94 bits per heavy atom. The minimum atomic E-state index is -0.712. The van der Waals surface area contributed by atoms with Crippen LogP contribution in [0.2, 0.25) is 0 Å². The minimum absolute atomic E-state index is 0.0419. The van der Waals surface area contributed by atoms with Crippen molar-refractivity contribution in [2.45, 2.75) is 26.4 Å². The summed E-state index contributed by atoms with van der Waals surface area (Å²) < 4.78 is 36.9. The SMILES string of the molecule is CC(C)OCC(CF)(CCF)CN1CCOCC1. The molecule has 0 aromatic carbocycles. The van der Waals surface area contributed by atoms with E-state index >= 15 is 0 Å². The fourth-order valence-electron chi connectivity index (χ4n) is 2.12. The van der Waals surface area contributed by atoms with E-state index in [1.54, 1.807) is 0 Å². The molecule has 0 radical (unpaired) electrons. The Kier molecular flexibility index (Phi) is 7.04. The van der Waals surface area contributed by atoms with Gasteiger partial charge >= 0.3 is 0 Å². The van der Waals surface area contributed by atoms with Crippen molar-refractivity contribution < 1.29 is 18.3 Å². The van der Waals surface area contributed by atoms with Gasteiger partial charge in [-0.1, -0.05) is 0 Å². The van der Waals surface area contributed by atoms with Gasteiger partial charge in [-0.2, -0.15) is 0 Å². The van der Waals surface area contributed by atoms with Crippen molar-refractivity contribution in [3.05, 3.63) is 0 Å². The fraction of sp³-hybridized carbons (Fsp3) is 1.00. The van der Waals surface area contributed by atoms with E-state index < -0.39 is 18.8 Å². The Morgan fingerprint density at radius 3 is 2.44 bits per heavy atom. The molecule has 1 aliphatic rings. The van der Waals surface area contributed by atoms with E-state index in [4.69, 9.17) is 9.47 Å². The van der Waals surface area contributed by atoms with Gasteiger partial charge in [0.05, 0.1) is 39.3 Å². The average Bonchev–Trinajstić information content (AvgIpc) is 2.37. The van der Waals surface area contributed by atoms with Gasteiger partial charge < -0.3 is 9.47 Å². The monoisotopic (exact) mass is 265 g/mol. The highest BCUT2D eigenvalue weighted by atomic mass is 19.1. The Morgan fingerprint density at radius 1 is 1.28 bits per heavy atom. The van der Waals surface area contributed by atoms with Gasteiger partial charge in [-0.05, 0) is 20.3 Å². The molecule has 3 nitrogen and oxygen atoms in total. The summed E-state index contributed by atoms with van der Waals surface area (Å²) in [5, 5.41) is 0. The molecule has 0 amide bonds. The summed E-state index contributed by atoms with van der Waals surface area (Å²) in [5.41, 5.74) is -0.712. The standard InChI is InChI=1S/C13H25F2NO2/c1-12(2)18-11-13(9-15,3-4-14)10-16-5-7-17-8-6-16/h12H,3-11H2,1-2H3. The maximum atomic E-state index is 13.4. The summed E-state index contributed by atoms with van der Waals surface area (Å²) in [6, 6.07) is 0. The van der Waals surface area contributed by atoms with E-state index in [0.29, 0.717) is 19.8 Å². The van der Waals surface area contributed by atoms with Gasteiger partial charge in [0.1, 0.15) is 0 Å². The highest BCUT2D eigenvalue weighted by molar-refractivity contribution is 4.83. The van der Waals surface area contributed by atoms with E-state index in [1.165, 1.54) is 0 Å². The third-order valence-electron chi connectivity index (χ3n) is 3.29. The predicted molar refractivity (Wildman–Crippen MR) is 67.3 cm³/mol. The zero-order valence-corrected chi connectivity index (χ0v) is 11.5. The van der Waals surface area contributed by atoms with Crippen LogP contribution in [-0.4, -0.2) is 63.8 Å². The van der Waals surface area contributed by atoms with Crippen molar-refractivity contribution in [1.82, 2.24) is 4.90 Å². The Bertz CT molecular complexity index is 223. The number of hydrogen-bond acceptors (Lipinski definition) is 3. The summed E-state index contributed by atoms with van der Waals surface area (Å²) in [7, 11) is 0. The highest BCUT2D eigenvalue weighted by Crippen LogP contribution is 2.26. The molecule has 5 heteroatoms. The molecule has 1 rings (SSSR count). The maximum Gasteiger partial charge on any atom is 0.0985 e. The smallest absolute Gasteiger partial charge is 0.0985 e. The average molecular weight is 265 g/mol. The number of rotatable bonds is 8. The lowest BCUT2D eigenvalue weighted by Crippen LogP contribution is -2.47. The third kappa shape index (κ3) is 5.16. The molecule has 0 bridgehead atoms. The predicted octanol–water partition coefficient (Wildman–Crippen LogP) is 2.06. The quantitative estimate of drug-likeness (QED) is 0.670. The molecular formula is C13H25F2NO2. The van der Waals surface area contributed by atoms with Gasteiger partial charge in [0, 0.05) is 25.0 Å². The number of hydrogen-bond donors (Lipinski definition) is 0. The van der Waals surface area contributed by atoms with Gasteiger partial charge in [0.25, 0.3) is 0 Å². The van der Waals surface area contributed by atoms with Crippen LogP contribution in [0.4, 0.5) is 8.78 Å². The fourth-order valence-corrected chi connectivity index (χ4v) is 2.12. The zero-order chi connectivity index (χ0) is 13.4. The Labute approximate surface area is 108 Å². The Balaban J connectivity index is 2.55. The summed E-state index contributed by atoms with van der Waals surface area (Å²) in [4.78, 5) is 2.14. The second-order valence-electron chi connectivity index (χ2n) is 5.32. The molecule has 1 fully saturated rings. The first kappa shape index (κ1) is 15.8. The molecule has 0 aromatic heterocycles. The van der Waals surface area contributed by atoms with E-state index in [0.717, 1.165) is 13.1 Å². The third-order valence-corrected chi connectivity index (χ3v) is 3.29. The first-order valence-electron chi connectivity index (χ1n) is 6.65. The van der Waals surface area contributed by atoms with E-state index in [2.05, 4.69) is 4.90 Å². The summed E-state index contributed by atoms with van der Waals surface area (Å²) in [5.74, 6) is 0. The van der Waals surface area contributed by atoms with Crippen LogP contribution in [0.15, 0.2) is 0 Å². The van der Waals surface area contributed by atoms with Crippen molar-refractivity contribution in [3.8, 4) is 0 Å². The highest BCUT2D eigenvalue weighted by Gasteiger charge is 2.33. The normalized spacial score (nSPS) is 21.2. The Hall–Kier alpha value is -0.260. The van der Waals surface area contributed by atoms with E-state index in [1.807, 2.05) is 13.8 Å². The van der Waals surface area contributed by atoms with Crippen LogP contribution in [0.1, 0.15) is 20.3 Å². The molecule has 0 aromatic rings. The molecule has 0 spiro atoms. The van der Waals surface area contributed by atoms with Gasteiger partial charge in [0.2, 0.25) is 0 Å². The molecule has 0 saturated carbocycles. The second-order valence-corrected chi connectivity index (χ2v) is 5.32. The summed E-state index contributed by atoms with van der Waals surface area (Å²) in [6.07, 6.45) is 0.258.